The number of aryl methyl sites for hydroxylation is 2. The first-order chi connectivity index (χ1) is 13.2. The Balaban J connectivity index is 1.83. The van der Waals surface area contributed by atoms with E-state index in [4.69, 9.17) is 19.1 Å². The minimum atomic E-state index is 0.622. The minimum Gasteiger partial charge on any atom is -0.432 e. The van der Waals surface area contributed by atoms with Crippen molar-refractivity contribution in [1.29, 1.82) is 0 Å². The van der Waals surface area contributed by atoms with Crippen molar-refractivity contribution < 1.29 is 9.15 Å². The third kappa shape index (κ3) is 2.73. The van der Waals surface area contributed by atoms with Crippen LogP contribution in [0.4, 0.5) is 5.82 Å². The number of morpholine rings is 1. The van der Waals surface area contributed by atoms with Crippen molar-refractivity contribution in [2.75, 3.05) is 31.2 Å². The SMILES string of the molecule is Cc1cc(C)c2c(n1)oc1c(N3CCOCC3)nc(-c3ccccc3)nc12. The highest BCUT2D eigenvalue weighted by molar-refractivity contribution is 6.06. The van der Waals surface area contributed by atoms with Gasteiger partial charge in [0.05, 0.1) is 18.6 Å². The summed E-state index contributed by atoms with van der Waals surface area (Å²) in [6.07, 6.45) is 0. The predicted molar refractivity (Wildman–Crippen MR) is 105 cm³/mol. The predicted octanol–water partition coefficient (Wildman–Crippen LogP) is 3.89. The van der Waals surface area contributed by atoms with E-state index in [1.165, 1.54) is 0 Å². The van der Waals surface area contributed by atoms with Gasteiger partial charge in [0.25, 0.3) is 0 Å². The molecule has 0 saturated carbocycles. The topological polar surface area (TPSA) is 64.3 Å². The van der Waals surface area contributed by atoms with Crippen molar-refractivity contribution in [3.8, 4) is 11.4 Å². The number of nitrogens with zero attached hydrogens (tertiary/aromatic N) is 4. The second-order valence-electron chi connectivity index (χ2n) is 6.88. The Morgan fingerprint density at radius 3 is 2.52 bits per heavy atom. The van der Waals surface area contributed by atoms with Gasteiger partial charge in [0.2, 0.25) is 5.71 Å². The molecule has 1 saturated heterocycles. The Hall–Kier alpha value is -2.99. The summed E-state index contributed by atoms with van der Waals surface area (Å²) < 4.78 is 11.7. The first-order valence-corrected chi connectivity index (χ1v) is 9.17. The smallest absolute Gasteiger partial charge is 0.229 e. The van der Waals surface area contributed by atoms with Gasteiger partial charge >= 0.3 is 0 Å². The zero-order valence-electron chi connectivity index (χ0n) is 15.4. The van der Waals surface area contributed by atoms with Crippen LogP contribution in [0.3, 0.4) is 0 Å². The molecule has 27 heavy (non-hydrogen) atoms. The van der Waals surface area contributed by atoms with Crippen molar-refractivity contribution in [1.82, 2.24) is 15.0 Å². The molecule has 0 N–H and O–H groups in total. The van der Waals surface area contributed by atoms with Gasteiger partial charge in [-0.05, 0) is 25.5 Å². The third-order valence-corrected chi connectivity index (χ3v) is 4.94. The molecule has 0 atom stereocenters. The Morgan fingerprint density at radius 2 is 1.74 bits per heavy atom. The summed E-state index contributed by atoms with van der Waals surface area (Å²) in [5.41, 5.74) is 5.18. The molecule has 5 rings (SSSR count). The molecule has 0 amide bonds. The lowest BCUT2D eigenvalue weighted by molar-refractivity contribution is 0.122. The highest BCUT2D eigenvalue weighted by Crippen LogP contribution is 2.36. The summed E-state index contributed by atoms with van der Waals surface area (Å²) in [6, 6.07) is 12.1. The average Bonchev–Trinajstić information content (AvgIpc) is 3.07. The minimum absolute atomic E-state index is 0.622. The van der Waals surface area contributed by atoms with E-state index in [1.54, 1.807) is 0 Å². The zero-order chi connectivity index (χ0) is 18.4. The molecule has 6 nitrogen and oxygen atoms in total. The molecule has 1 aliphatic rings. The number of hydrogen-bond acceptors (Lipinski definition) is 6. The maximum Gasteiger partial charge on any atom is 0.229 e. The summed E-state index contributed by atoms with van der Waals surface area (Å²) in [4.78, 5) is 16.6. The van der Waals surface area contributed by atoms with E-state index in [-0.39, 0.29) is 0 Å². The van der Waals surface area contributed by atoms with Crippen LogP contribution >= 0.6 is 0 Å². The van der Waals surface area contributed by atoms with Crippen LogP contribution in [-0.4, -0.2) is 41.3 Å². The van der Waals surface area contributed by atoms with Crippen LogP contribution in [0.5, 0.6) is 0 Å². The molecular formula is C21H20N4O2. The molecule has 6 heteroatoms. The summed E-state index contributed by atoms with van der Waals surface area (Å²) in [7, 11) is 0. The Bertz CT molecular complexity index is 1130. The first-order valence-electron chi connectivity index (χ1n) is 9.17. The number of fused-ring (bicyclic) bond motifs is 3. The van der Waals surface area contributed by atoms with Crippen LogP contribution in [0.1, 0.15) is 11.3 Å². The molecule has 3 aromatic heterocycles. The van der Waals surface area contributed by atoms with Gasteiger partial charge in [-0.3, -0.25) is 0 Å². The lowest BCUT2D eigenvalue weighted by atomic mass is 10.1. The molecule has 0 aliphatic carbocycles. The molecular weight excluding hydrogens is 340 g/mol. The Morgan fingerprint density at radius 1 is 0.963 bits per heavy atom. The van der Waals surface area contributed by atoms with E-state index < -0.39 is 0 Å². The van der Waals surface area contributed by atoms with Gasteiger partial charge in [0.15, 0.2) is 17.2 Å². The molecule has 136 valence electrons. The van der Waals surface area contributed by atoms with Crippen molar-refractivity contribution in [2.24, 2.45) is 0 Å². The van der Waals surface area contributed by atoms with Gasteiger partial charge in [-0.2, -0.15) is 0 Å². The van der Waals surface area contributed by atoms with Crippen molar-refractivity contribution in [3.63, 3.8) is 0 Å². The quantitative estimate of drug-likeness (QED) is 0.540. The fourth-order valence-corrected chi connectivity index (χ4v) is 3.67. The van der Waals surface area contributed by atoms with Crippen molar-refractivity contribution in [2.45, 2.75) is 13.8 Å². The monoisotopic (exact) mass is 360 g/mol. The Labute approximate surface area is 156 Å². The Kier molecular flexibility index (Phi) is 3.79. The molecule has 0 unspecified atom stereocenters. The number of ether oxygens (including phenoxy) is 1. The van der Waals surface area contributed by atoms with Gasteiger partial charge < -0.3 is 14.1 Å². The zero-order valence-corrected chi connectivity index (χ0v) is 15.4. The summed E-state index contributed by atoms with van der Waals surface area (Å²) in [6.45, 7) is 6.98. The van der Waals surface area contributed by atoms with Crippen LogP contribution in [-0.2, 0) is 4.74 Å². The molecule has 1 aliphatic heterocycles. The van der Waals surface area contributed by atoms with E-state index in [9.17, 15) is 0 Å². The van der Waals surface area contributed by atoms with Crippen LogP contribution in [0.2, 0.25) is 0 Å². The maximum atomic E-state index is 6.17. The van der Waals surface area contributed by atoms with Crippen LogP contribution < -0.4 is 4.90 Å². The molecule has 0 spiro atoms. The largest absolute Gasteiger partial charge is 0.432 e. The lowest BCUT2D eigenvalue weighted by Gasteiger charge is -2.27. The number of hydrogen-bond donors (Lipinski definition) is 0. The van der Waals surface area contributed by atoms with Gasteiger partial charge in [0.1, 0.15) is 5.52 Å². The lowest BCUT2D eigenvalue weighted by Crippen LogP contribution is -2.37. The molecule has 1 aromatic carbocycles. The summed E-state index contributed by atoms with van der Waals surface area (Å²) >= 11 is 0. The fraction of sp³-hybridized carbons (Fsp3) is 0.286. The van der Waals surface area contributed by atoms with Crippen LogP contribution in [0.15, 0.2) is 40.8 Å². The first kappa shape index (κ1) is 16.2. The number of benzene rings is 1. The van der Waals surface area contributed by atoms with E-state index >= 15 is 0 Å². The number of rotatable bonds is 2. The second kappa shape index (κ2) is 6.32. The van der Waals surface area contributed by atoms with Crippen molar-refractivity contribution >= 4 is 28.0 Å². The van der Waals surface area contributed by atoms with Crippen molar-refractivity contribution in [3.05, 3.63) is 47.7 Å². The van der Waals surface area contributed by atoms with E-state index in [0.29, 0.717) is 30.3 Å². The number of furan rings is 1. The average molecular weight is 360 g/mol. The molecule has 4 aromatic rings. The van der Waals surface area contributed by atoms with Gasteiger partial charge in [0, 0.05) is 24.3 Å². The number of pyridine rings is 1. The van der Waals surface area contributed by atoms with Crippen LogP contribution in [0.25, 0.3) is 33.6 Å². The van der Waals surface area contributed by atoms with E-state index in [0.717, 1.165) is 46.6 Å². The fourth-order valence-electron chi connectivity index (χ4n) is 3.67. The van der Waals surface area contributed by atoms with Gasteiger partial charge in [-0.15, -0.1) is 0 Å². The molecule has 0 radical (unpaired) electrons. The summed E-state index contributed by atoms with van der Waals surface area (Å²) in [5, 5.41) is 0.963. The maximum absolute atomic E-state index is 6.17. The normalized spacial score (nSPS) is 15.0. The van der Waals surface area contributed by atoms with Gasteiger partial charge in [-0.25, -0.2) is 15.0 Å². The third-order valence-electron chi connectivity index (χ3n) is 4.94. The molecule has 0 bridgehead atoms. The van der Waals surface area contributed by atoms with E-state index in [2.05, 4.69) is 22.9 Å². The highest BCUT2D eigenvalue weighted by atomic mass is 16.5. The van der Waals surface area contributed by atoms with Gasteiger partial charge in [-0.1, -0.05) is 30.3 Å². The summed E-state index contributed by atoms with van der Waals surface area (Å²) in [5.74, 6) is 1.52. The molecule has 1 fully saturated rings. The number of aromatic nitrogens is 3. The second-order valence-corrected chi connectivity index (χ2v) is 6.88. The van der Waals surface area contributed by atoms with E-state index in [1.807, 2.05) is 37.3 Å². The standard InChI is InChI=1S/C21H20N4O2/c1-13-12-14(2)22-21-16(13)17-18(27-21)20(25-8-10-26-11-9-25)24-19(23-17)15-6-4-3-5-7-15/h3-7,12H,8-11H2,1-2H3. The number of anilines is 1. The highest BCUT2D eigenvalue weighted by Gasteiger charge is 2.23. The van der Waals surface area contributed by atoms with Crippen LogP contribution in [0, 0.1) is 13.8 Å². The molecule has 4 heterocycles.